The van der Waals surface area contributed by atoms with Crippen molar-refractivity contribution >= 4 is 11.9 Å². The molecule has 0 saturated heterocycles. The minimum atomic E-state index is -1.14. The minimum absolute atomic E-state index is 0.0286. The van der Waals surface area contributed by atoms with Gasteiger partial charge in [0, 0.05) is 0 Å². The summed E-state index contributed by atoms with van der Waals surface area (Å²) in [6.07, 6.45) is 0. The summed E-state index contributed by atoms with van der Waals surface area (Å²) in [5, 5.41) is 18.2. The fourth-order valence-electron chi connectivity index (χ4n) is 2.18. The van der Waals surface area contributed by atoms with Crippen molar-refractivity contribution in [2.75, 3.05) is 0 Å². The second-order valence-electron chi connectivity index (χ2n) is 4.79. The lowest BCUT2D eigenvalue weighted by atomic mass is 9.97. The van der Waals surface area contributed by atoms with Crippen molar-refractivity contribution in [3.05, 3.63) is 58.7 Å². The Labute approximate surface area is 116 Å². The van der Waals surface area contributed by atoms with Crippen LogP contribution < -0.4 is 0 Å². The Bertz CT molecular complexity index is 649. The van der Waals surface area contributed by atoms with E-state index in [9.17, 15) is 9.59 Å². The van der Waals surface area contributed by atoms with Gasteiger partial charge in [0.25, 0.3) is 0 Å². The van der Waals surface area contributed by atoms with Crippen LogP contribution in [-0.2, 0) is 0 Å². The van der Waals surface area contributed by atoms with E-state index in [-0.39, 0.29) is 11.1 Å². The summed E-state index contributed by atoms with van der Waals surface area (Å²) in [5.74, 6) is -2.28. The molecular formula is C16H14O4. The van der Waals surface area contributed by atoms with E-state index in [1.54, 1.807) is 0 Å². The van der Waals surface area contributed by atoms with Crippen LogP contribution in [0.15, 0.2) is 36.4 Å². The van der Waals surface area contributed by atoms with Gasteiger partial charge in [0.15, 0.2) is 0 Å². The summed E-state index contributed by atoms with van der Waals surface area (Å²) in [4.78, 5) is 22.2. The van der Waals surface area contributed by atoms with E-state index in [0.29, 0.717) is 5.56 Å². The van der Waals surface area contributed by atoms with Gasteiger partial charge >= 0.3 is 11.9 Å². The molecule has 0 aliphatic carbocycles. The second-order valence-corrected chi connectivity index (χ2v) is 4.79. The van der Waals surface area contributed by atoms with E-state index in [0.717, 1.165) is 22.8 Å². The number of carbonyl (C=O) groups is 2. The summed E-state index contributed by atoms with van der Waals surface area (Å²) in [5.41, 5.74) is 3.43. The number of benzene rings is 2. The molecule has 0 radical (unpaired) electrons. The van der Waals surface area contributed by atoms with Crippen LogP contribution in [0.3, 0.4) is 0 Å². The van der Waals surface area contributed by atoms with Crippen LogP contribution in [-0.4, -0.2) is 22.2 Å². The lowest BCUT2D eigenvalue weighted by molar-refractivity contribution is 0.0696. The van der Waals surface area contributed by atoms with Crippen molar-refractivity contribution in [1.29, 1.82) is 0 Å². The molecule has 0 aromatic heterocycles. The predicted molar refractivity (Wildman–Crippen MR) is 75.3 cm³/mol. The van der Waals surface area contributed by atoms with Crippen LogP contribution in [0.1, 0.15) is 31.8 Å². The molecule has 0 bridgehead atoms. The molecule has 0 fully saturated rings. The van der Waals surface area contributed by atoms with E-state index < -0.39 is 11.9 Å². The number of carboxylic acids is 2. The highest BCUT2D eigenvalue weighted by molar-refractivity contribution is 5.96. The molecule has 0 aliphatic rings. The maximum Gasteiger partial charge on any atom is 0.335 e. The van der Waals surface area contributed by atoms with Crippen molar-refractivity contribution in [3.8, 4) is 11.1 Å². The first-order valence-electron chi connectivity index (χ1n) is 6.07. The first-order valence-corrected chi connectivity index (χ1v) is 6.07. The molecule has 0 aliphatic heterocycles. The van der Waals surface area contributed by atoms with Crippen molar-refractivity contribution in [2.24, 2.45) is 0 Å². The van der Waals surface area contributed by atoms with Gasteiger partial charge < -0.3 is 10.2 Å². The zero-order valence-corrected chi connectivity index (χ0v) is 11.2. The third kappa shape index (κ3) is 2.85. The van der Waals surface area contributed by atoms with Crippen LogP contribution in [0.2, 0.25) is 0 Å². The van der Waals surface area contributed by atoms with Gasteiger partial charge in [-0.15, -0.1) is 0 Å². The predicted octanol–water partition coefficient (Wildman–Crippen LogP) is 3.37. The largest absolute Gasteiger partial charge is 0.478 e. The Hall–Kier alpha value is -2.62. The van der Waals surface area contributed by atoms with Gasteiger partial charge in [-0.25, -0.2) is 9.59 Å². The van der Waals surface area contributed by atoms with Crippen LogP contribution in [0.5, 0.6) is 0 Å². The molecular weight excluding hydrogens is 256 g/mol. The van der Waals surface area contributed by atoms with Crippen molar-refractivity contribution in [2.45, 2.75) is 13.8 Å². The molecule has 4 heteroatoms. The van der Waals surface area contributed by atoms with Gasteiger partial charge in [0.1, 0.15) is 0 Å². The lowest BCUT2D eigenvalue weighted by Gasteiger charge is -2.08. The zero-order chi connectivity index (χ0) is 14.9. The van der Waals surface area contributed by atoms with E-state index >= 15 is 0 Å². The maximum atomic E-state index is 11.1. The standard InChI is InChI=1S/C16H14O4/c1-9-3-10(2)5-11(4-9)12-6-13(15(17)18)8-14(7-12)16(19)20/h3-8H,1-2H3,(H,17,18)(H,19,20). The average Bonchev–Trinajstić information content (AvgIpc) is 2.36. The summed E-state index contributed by atoms with van der Waals surface area (Å²) in [6, 6.07) is 9.95. The number of hydrogen-bond acceptors (Lipinski definition) is 2. The molecule has 20 heavy (non-hydrogen) atoms. The average molecular weight is 270 g/mol. The molecule has 2 aromatic carbocycles. The Morgan fingerprint density at radius 2 is 1.10 bits per heavy atom. The summed E-state index contributed by atoms with van der Waals surface area (Å²) >= 11 is 0. The minimum Gasteiger partial charge on any atom is -0.478 e. The maximum absolute atomic E-state index is 11.1. The number of rotatable bonds is 3. The number of aromatic carboxylic acids is 2. The zero-order valence-electron chi connectivity index (χ0n) is 11.2. The third-order valence-electron chi connectivity index (χ3n) is 2.98. The van der Waals surface area contributed by atoms with Crippen LogP contribution >= 0.6 is 0 Å². The Morgan fingerprint density at radius 1 is 0.700 bits per heavy atom. The fraction of sp³-hybridized carbons (Fsp3) is 0.125. The molecule has 0 heterocycles. The van der Waals surface area contributed by atoms with Crippen LogP contribution in [0.4, 0.5) is 0 Å². The summed E-state index contributed by atoms with van der Waals surface area (Å²) < 4.78 is 0. The van der Waals surface area contributed by atoms with Crippen molar-refractivity contribution < 1.29 is 19.8 Å². The molecule has 2 N–H and O–H groups in total. The first-order chi connectivity index (χ1) is 9.36. The topological polar surface area (TPSA) is 74.6 Å². The van der Waals surface area contributed by atoms with Gasteiger partial charge in [-0.05, 0) is 43.2 Å². The normalized spacial score (nSPS) is 10.3. The monoisotopic (exact) mass is 270 g/mol. The van der Waals surface area contributed by atoms with Crippen molar-refractivity contribution in [1.82, 2.24) is 0 Å². The molecule has 2 rings (SSSR count). The molecule has 4 nitrogen and oxygen atoms in total. The second kappa shape index (κ2) is 5.17. The summed E-state index contributed by atoms with van der Waals surface area (Å²) in [6.45, 7) is 3.88. The molecule has 0 amide bonds. The quantitative estimate of drug-likeness (QED) is 0.896. The van der Waals surface area contributed by atoms with Gasteiger partial charge in [-0.1, -0.05) is 29.3 Å². The Morgan fingerprint density at radius 3 is 1.50 bits per heavy atom. The van der Waals surface area contributed by atoms with E-state index in [1.165, 1.54) is 12.1 Å². The van der Waals surface area contributed by atoms with E-state index in [2.05, 4.69) is 0 Å². The van der Waals surface area contributed by atoms with Gasteiger partial charge in [-0.3, -0.25) is 0 Å². The molecule has 2 aromatic rings. The third-order valence-corrected chi connectivity index (χ3v) is 2.98. The molecule has 0 atom stereocenters. The van der Waals surface area contributed by atoms with Crippen LogP contribution in [0, 0.1) is 13.8 Å². The summed E-state index contributed by atoms with van der Waals surface area (Å²) in [7, 11) is 0. The molecule has 0 spiro atoms. The van der Waals surface area contributed by atoms with Crippen LogP contribution in [0.25, 0.3) is 11.1 Å². The highest BCUT2D eigenvalue weighted by atomic mass is 16.4. The smallest absolute Gasteiger partial charge is 0.335 e. The lowest BCUT2D eigenvalue weighted by Crippen LogP contribution is -2.03. The van der Waals surface area contributed by atoms with Crippen molar-refractivity contribution in [3.63, 3.8) is 0 Å². The van der Waals surface area contributed by atoms with E-state index in [1.807, 2.05) is 32.0 Å². The number of carboxylic acid groups (broad SMARTS) is 2. The van der Waals surface area contributed by atoms with Gasteiger partial charge in [0.05, 0.1) is 11.1 Å². The first kappa shape index (κ1) is 13.8. The van der Waals surface area contributed by atoms with Gasteiger partial charge in [-0.2, -0.15) is 0 Å². The number of hydrogen-bond donors (Lipinski definition) is 2. The molecule has 0 unspecified atom stereocenters. The highest BCUT2D eigenvalue weighted by Gasteiger charge is 2.12. The highest BCUT2D eigenvalue weighted by Crippen LogP contribution is 2.25. The molecule has 0 saturated carbocycles. The van der Waals surface area contributed by atoms with E-state index in [4.69, 9.17) is 10.2 Å². The van der Waals surface area contributed by atoms with Gasteiger partial charge in [0.2, 0.25) is 0 Å². The Kier molecular flexibility index (Phi) is 3.57. The number of aryl methyl sites for hydroxylation is 2. The Balaban J connectivity index is 2.66. The SMILES string of the molecule is Cc1cc(C)cc(-c2cc(C(=O)O)cc(C(=O)O)c2)c1. The fourth-order valence-corrected chi connectivity index (χ4v) is 2.18. The molecule has 102 valence electrons.